The summed E-state index contributed by atoms with van der Waals surface area (Å²) in [7, 11) is -4.02. The summed E-state index contributed by atoms with van der Waals surface area (Å²) in [5.41, 5.74) is 10.1. The minimum atomic E-state index is -4.02. The van der Waals surface area contributed by atoms with Crippen LogP contribution in [0.4, 0.5) is 0 Å². The van der Waals surface area contributed by atoms with Crippen LogP contribution in [0.15, 0.2) is 58.5 Å². The molecule has 0 aliphatic carbocycles. The van der Waals surface area contributed by atoms with E-state index in [4.69, 9.17) is 14.5 Å². The molecule has 1 amide bonds. The Morgan fingerprint density at radius 3 is 2.24 bits per heavy atom. The molecule has 37 heavy (non-hydrogen) atoms. The van der Waals surface area contributed by atoms with Gasteiger partial charge >= 0.3 is 5.97 Å². The van der Waals surface area contributed by atoms with E-state index < -0.39 is 46.8 Å². The van der Waals surface area contributed by atoms with Crippen LogP contribution in [0.2, 0.25) is 0 Å². The SMILES string of the molecule is Cc1ccc(S(=O)(=O)OCC(O)COc2ccc(CC(NC(=O)[C@@H](N=[N+]=[N-])C(C)C)C(=O)O)cc2)cc1. The molecule has 13 heteroatoms. The normalized spacial score (nSPS) is 13.8. The predicted molar refractivity (Wildman–Crippen MR) is 133 cm³/mol. The van der Waals surface area contributed by atoms with Gasteiger partial charge in [-0.3, -0.25) is 8.98 Å². The average Bonchev–Trinajstić information content (AvgIpc) is 2.85. The smallest absolute Gasteiger partial charge is 0.326 e. The van der Waals surface area contributed by atoms with Crippen molar-refractivity contribution in [2.45, 2.75) is 50.3 Å². The van der Waals surface area contributed by atoms with E-state index in [-0.39, 0.29) is 23.8 Å². The minimum absolute atomic E-state index is 0.0184. The summed E-state index contributed by atoms with van der Waals surface area (Å²) in [6.07, 6.45) is -1.26. The van der Waals surface area contributed by atoms with Gasteiger partial charge in [0.2, 0.25) is 5.91 Å². The van der Waals surface area contributed by atoms with Gasteiger partial charge in [0.05, 0.1) is 11.5 Å². The maximum atomic E-state index is 12.4. The van der Waals surface area contributed by atoms with Crippen molar-refractivity contribution >= 4 is 22.0 Å². The van der Waals surface area contributed by atoms with E-state index >= 15 is 0 Å². The van der Waals surface area contributed by atoms with Crippen LogP contribution in [0.5, 0.6) is 5.75 Å². The Morgan fingerprint density at radius 2 is 1.70 bits per heavy atom. The number of hydrogen-bond acceptors (Lipinski definition) is 8. The Labute approximate surface area is 215 Å². The highest BCUT2D eigenvalue weighted by Gasteiger charge is 2.27. The number of ether oxygens (including phenoxy) is 1. The van der Waals surface area contributed by atoms with Crippen LogP contribution in [0.25, 0.3) is 10.4 Å². The summed E-state index contributed by atoms with van der Waals surface area (Å²) in [5, 5.41) is 25.4. The number of benzene rings is 2. The van der Waals surface area contributed by atoms with Gasteiger partial charge in [-0.1, -0.05) is 48.8 Å². The van der Waals surface area contributed by atoms with E-state index in [0.29, 0.717) is 11.3 Å². The summed E-state index contributed by atoms with van der Waals surface area (Å²) in [6.45, 7) is 4.44. The van der Waals surface area contributed by atoms with Gasteiger partial charge in [0, 0.05) is 11.3 Å². The lowest BCUT2D eigenvalue weighted by Gasteiger charge is -2.20. The first-order valence-corrected chi connectivity index (χ1v) is 12.8. The highest BCUT2D eigenvalue weighted by atomic mass is 32.2. The predicted octanol–water partition coefficient (Wildman–Crippen LogP) is 2.59. The first-order valence-electron chi connectivity index (χ1n) is 11.4. The first-order chi connectivity index (χ1) is 17.4. The average molecular weight is 535 g/mol. The van der Waals surface area contributed by atoms with E-state index in [1.54, 1.807) is 50.2 Å². The summed E-state index contributed by atoms with van der Waals surface area (Å²) in [4.78, 5) is 26.6. The van der Waals surface area contributed by atoms with Crippen molar-refractivity contribution in [1.29, 1.82) is 0 Å². The molecule has 0 radical (unpaired) electrons. The fourth-order valence-corrected chi connectivity index (χ4v) is 4.08. The fraction of sp³-hybridized carbons (Fsp3) is 0.417. The highest BCUT2D eigenvalue weighted by Crippen LogP contribution is 2.16. The van der Waals surface area contributed by atoms with Gasteiger partial charge in [-0.05, 0) is 48.2 Å². The molecule has 0 aliphatic heterocycles. The maximum Gasteiger partial charge on any atom is 0.326 e. The van der Waals surface area contributed by atoms with Crippen LogP contribution in [0, 0.1) is 12.8 Å². The van der Waals surface area contributed by atoms with Gasteiger partial charge in [-0.25, -0.2) is 4.79 Å². The number of aliphatic carboxylic acids is 1. The van der Waals surface area contributed by atoms with Crippen LogP contribution in [-0.2, 0) is 30.3 Å². The second-order valence-electron chi connectivity index (χ2n) is 8.66. The van der Waals surface area contributed by atoms with Crippen molar-refractivity contribution in [3.05, 3.63) is 70.1 Å². The number of carboxylic acids is 1. The number of aliphatic hydroxyl groups is 1. The number of nitrogens with zero attached hydrogens (tertiary/aromatic N) is 3. The lowest BCUT2D eigenvalue weighted by Crippen LogP contribution is -2.47. The lowest BCUT2D eigenvalue weighted by atomic mass is 10.0. The number of carbonyl (C=O) groups excluding carboxylic acids is 1. The molecule has 2 unspecified atom stereocenters. The van der Waals surface area contributed by atoms with Crippen molar-refractivity contribution in [3.63, 3.8) is 0 Å². The topological polar surface area (TPSA) is 188 Å². The molecule has 12 nitrogen and oxygen atoms in total. The summed E-state index contributed by atoms with van der Waals surface area (Å²) in [5.74, 6) is -1.89. The Hall–Kier alpha value is -3.64. The Bertz CT molecular complexity index is 1210. The largest absolute Gasteiger partial charge is 0.491 e. The summed E-state index contributed by atoms with van der Waals surface area (Å²) in [6, 6.07) is 10.1. The molecule has 0 spiro atoms. The first kappa shape index (κ1) is 29.6. The van der Waals surface area contributed by atoms with E-state index in [9.17, 15) is 28.2 Å². The molecule has 0 aliphatic rings. The van der Waals surface area contributed by atoms with Gasteiger partial charge in [-0.2, -0.15) is 8.42 Å². The van der Waals surface area contributed by atoms with Gasteiger partial charge in [0.15, 0.2) is 0 Å². The number of carboxylic acid groups (broad SMARTS) is 1. The number of amides is 1. The monoisotopic (exact) mass is 534 g/mol. The van der Waals surface area contributed by atoms with Gasteiger partial charge in [0.25, 0.3) is 10.1 Å². The van der Waals surface area contributed by atoms with Crippen LogP contribution in [0.3, 0.4) is 0 Å². The Balaban J connectivity index is 1.89. The van der Waals surface area contributed by atoms with Gasteiger partial charge < -0.3 is 20.3 Å². The molecule has 0 bridgehead atoms. The molecular weight excluding hydrogens is 504 g/mol. The van der Waals surface area contributed by atoms with Crippen molar-refractivity contribution in [3.8, 4) is 5.75 Å². The van der Waals surface area contributed by atoms with Gasteiger partial charge in [-0.15, -0.1) is 0 Å². The molecule has 2 rings (SSSR count). The van der Waals surface area contributed by atoms with E-state index in [1.165, 1.54) is 12.1 Å². The molecule has 3 N–H and O–H groups in total. The van der Waals surface area contributed by atoms with Crippen molar-refractivity contribution in [1.82, 2.24) is 5.32 Å². The van der Waals surface area contributed by atoms with Crippen molar-refractivity contribution in [2.75, 3.05) is 13.2 Å². The number of carbonyl (C=O) groups is 2. The number of azide groups is 1. The molecule has 3 atom stereocenters. The molecule has 2 aromatic carbocycles. The second kappa shape index (κ2) is 13.6. The number of aliphatic hydroxyl groups excluding tert-OH is 1. The molecule has 0 fully saturated rings. The van der Waals surface area contributed by atoms with Crippen LogP contribution < -0.4 is 10.1 Å². The highest BCUT2D eigenvalue weighted by molar-refractivity contribution is 7.86. The van der Waals surface area contributed by atoms with Crippen LogP contribution in [0.1, 0.15) is 25.0 Å². The third-order valence-corrected chi connectivity index (χ3v) is 6.52. The molecule has 2 aromatic rings. The molecule has 0 saturated carbocycles. The Kier molecular flexibility index (Phi) is 10.9. The zero-order chi connectivity index (χ0) is 27.6. The molecular formula is C24H30N4O8S. The zero-order valence-electron chi connectivity index (χ0n) is 20.6. The van der Waals surface area contributed by atoms with E-state index in [0.717, 1.165) is 5.56 Å². The third-order valence-electron chi connectivity index (χ3n) is 5.22. The maximum absolute atomic E-state index is 12.4. The number of nitrogens with one attached hydrogen (secondary N) is 1. The van der Waals surface area contributed by atoms with Crippen molar-refractivity contribution < 1.29 is 37.1 Å². The molecule has 0 saturated heterocycles. The van der Waals surface area contributed by atoms with Crippen molar-refractivity contribution in [2.24, 2.45) is 11.0 Å². The standard InChI is InChI=1S/C24H30N4O8S/c1-15(2)22(27-28-25)23(30)26-21(24(31)32)12-17-6-8-19(9-7-17)35-13-18(29)14-36-37(33,34)20-10-4-16(3)5-11-20/h4-11,15,18,21-22,29H,12-14H2,1-3H3,(H,26,30)(H,31,32)/t18?,21?,22-/m0/s1. The quantitative estimate of drug-likeness (QED) is 0.143. The minimum Gasteiger partial charge on any atom is -0.491 e. The Morgan fingerprint density at radius 1 is 1.08 bits per heavy atom. The van der Waals surface area contributed by atoms with Crippen LogP contribution >= 0.6 is 0 Å². The fourth-order valence-electron chi connectivity index (χ4n) is 3.14. The molecule has 200 valence electrons. The lowest BCUT2D eigenvalue weighted by molar-refractivity contribution is -0.142. The van der Waals surface area contributed by atoms with Crippen LogP contribution in [-0.4, -0.2) is 61.9 Å². The number of hydrogen-bond donors (Lipinski definition) is 3. The number of rotatable bonds is 14. The molecule has 0 aromatic heterocycles. The molecule has 0 heterocycles. The third kappa shape index (κ3) is 9.39. The summed E-state index contributed by atoms with van der Waals surface area (Å²) < 4.78 is 34.8. The number of aryl methyl sites for hydroxylation is 1. The van der Waals surface area contributed by atoms with Gasteiger partial charge in [0.1, 0.15) is 30.5 Å². The second-order valence-corrected chi connectivity index (χ2v) is 10.3. The zero-order valence-corrected chi connectivity index (χ0v) is 21.5. The summed E-state index contributed by atoms with van der Waals surface area (Å²) >= 11 is 0. The van der Waals surface area contributed by atoms with E-state index in [2.05, 4.69) is 15.3 Å². The van der Waals surface area contributed by atoms with E-state index in [1.807, 2.05) is 6.92 Å².